The van der Waals surface area contributed by atoms with Crippen molar-refractivity contribution in [1.29, 1.82) is 0 Å². The van der Waals surface area contributed by atoms with Crippen molar-refractivity contribution in [2.75, 3.05) is 65.9 Å². The van der Waals surface area contributed by atoms with E-state index in [0.29, 0.717) is 56.0 Å². The molecule has 0 aromatic rings. The fourth-order valence-corrected chi connectivity index (χ4v) is 13.3. The molecule has 10 atom stereocenters. The van der Waals surface area contributed by atoms with Gasteiger partial charge in [0.2, 0.25) is 0 Å². The second-order valence-electron chi connectivity index (χ2n) is 22.2. The summed E-state index contributed by atoms with van der Waals surface area (Å²) in [7, 11) is 0. The first kappa shape index (κ1) is 52.9. The van der Waals surface area contributed by atoms with Gasteiger partial charge in [-0.25, -0.2) is 0 Å². The van der Waals surface area contributed by atoms with Crippen molar-refractivity contribution >= 4 is 0 Å². The number of unbranched alkanes of at least 4 members (excludes halogenated alkanes) is 9. The van der Waals surface area contributed by atoms with E-state index in [0.717, 1.165) is 87.7 Å². The molecule has 0 amide bonds. The highest BCUT2D eigenvalue weighted by atomic mass is 16.6. The lowest BCUT2D eigenvalue weighted by molar-refractivity contribution is -0.0812. The summed E-state index contributed by atoms with van der Waals surface area (Å²) >= 11 is 0. The Labute approximate surface area is 389 Å². The van der Waals surface area contributed by atoms with Crippen LogP contribution in [0.1, 0.15) is 196 Å². The lowest BCUT2D eigenvalue weighted by Crippen LogP contribution is -2.51. The third-order valence-corrected chi connectivity index (χ3v) is 17.2. The fourth-order valence-electron chi connectivity index (χ4n) is 13.3. The van der Waals surface area contributed by atoms with Gasteiger partial charge in [0.25, 0.3) is 0 Å². The number of hydrogen-bond donors (Lipinski definition) is 0. The molecule has 5 aliphatic rings. The smallest absolute Gasteiger partial charge is 0.0936 e. The Bertz CT molecular complexity index is 1310. The van der Waals surface area contributed by atoms with E-state index >= 15 is 0 Å². The SMILES string of the molecule is CCCCC/C=C\C/C=C\CCCCCCCCOCC(CN1CCOC[C@@H]1C)OCCOCCO[C@H]1CC[C@@]2(C)C(=CC[C@H]3[C@@H]4CC[C@H]([C@H](C)CCCC(C)C)[C@@]4(C)CC[C@@H]32)C1. The minimum Gasteiger partial charge on any atom is -0.379 e. The molecule has 63 heavy (non-hydrogen) atoms. The average Bonchev–Trinajstić information content (AvgIpc) is 3.63. The normalized spacial score (nSPS) is 31.1. The first-order valence-corrected chi connectivity index (χ1v) is 27.4. The largest absolute Gasteiger partial charge is 0.379 e. The van der Waals surface area contributed by atoms with E-state index in [1.807, 2.05) is 0 Å². The van der Waals surface area contributed by atoms with Gasteiger partial charge in [0.15, 0.2) is 0 Å². The van der Waals surface area contributed by atoms with Crippen LogP contribution in [-0.4, -0.2) is 89.1 Å². The number of morpholine rings is 1. The number of rotatable bonds is 32. The minimum absolute atomic E-state index is 0.0473. The van der Waals surface area contributed by atoms with Gasteiger partial charge in [0.05, 0.1) is 58.5 Å². The molecular formula is C57H101NO5. The van der Waals surface area contributed by atoms with Gasteiger partial charge < -0.3 is 23.7 Å². The van der Waals surface area contributed by atoms with Crippen molar-refractivity contribution in [2.24, 2.45) is 46.3 Å². The van der Waals surface area contributed by atoms with E-state index in [4.69, 9.17) is 23.7 Å². The molecule has 1 saturated heterocycles. The second kappa shape index (κ2) is 29.0. The molecule has 0 aromatic carbocycles. The number of nitrogens with zero attached hydrogens (tertiary/aromatic N) is 1. The van der Waals surface area contributed by atoms with E-state index in [-0.39, 0.29) is 6.10 Å². The fraction of sp³-hybridized carbons (Fsp3) is 0.895. The maximum absolute atomic E-state index is 6.52. The molecule has 364 valence electrons. The molecule has 6 nitrogen and oxygen atoms in total. The monoisotopic (exact) mass is 880 g/mol. The molecule has 0 spiro atoms. The lowest BCUT2D eigenvalue weighted by Gasteiger charge is -2.58. The number of allylic oxidation sites excluding steroid dienone is 5. The Hall–Kier alpha value is -1.02. The highest BCUT2D eigenvalue weighted by Crippen LogP contribution is 2.67. The van der Waals surface area contributed by atoms with Crippen LogP contribution in [0.25, 0.3) is 0 Å². The molecule has 4 fully saturated rings. The van der Waals surface area contributed by atoms with Crippen LogP contribution >= 0.6 is 0 Å². The standard InChI is InChI=1S/C57H101NO5/c1-8-9-10-11-12-13-14-15-16-17-18-19-20-21-22-23-36-60-45-51(43-58-35-37-61-44-48(58)5)63-41-39-59-38-40-62-50-31-33-56(6)49(42-50)27-28-52-54-30-29-53(47(4)26-24-25-46(2)3)57(54,7)34-32-55(52)56/h12-13,15-16,27,46-48,50-55H,8-11,14,17-26,28-45H2,1-7H3/b13-12-,16-15-/t47-,48+,50+,51?,52+,53-,54+,55+,56+,57-/m1/s1. The van der Waals surface area contributed by atoms with E-state index in [2.05, 4.69) is 83.7 Å². The molecule has 0 bridgehead atoms. The van der Waals surface area contributed by atoms with Crippen LogP contribution in [0, 0.1) is 46.3 Å². The zero-order valence-corrected chi connectivity index (χ0v) is 42.4. The van der Waals surface area contributed by atoms with Crippen molar-refractivity contribution in [3.05, 3.63) is 36.0 Å². The molecule has 0 aromatic heterocycles. The Morgan fingerprint density at radius 1 is 0.778 bits per heavy atom. The molecule has 0 radical (unpaired) electrons. The van der Waals surface area contributed by atoms with Crippen molar-refractivity contribution in [2.45, 2.75) is 214 Å². The van der Waals surface area contributed by atoms with E-state index in [1.54, 1.807) is 5.57 Å². The molecule has 1 unspecified atom stereocenters. The zero-order chi connectivity index (χ0) is 44.8. The zero-order valence-electron chi connectivity index (χ0n) is 42.4. The average molecular weight is 880 g/mol. The van der Waals surface area contributed by atoms with Crippen LogP contribution < -0.4 is 0 Å². The highest BCUT2D eigenvalue weighted by Gasteiger charge is 2.59. The van der Waals surface area contributed by atoms with Gasteiger partial charge in [-0.1, -0.05) is 135 Å². The highest BCUT2D eigenvalue weighted by molar-refractivity contribution is 5.25. The van der Waals surface area contributed by atoms with Gasteiger partial charge in [0, 0.05) is 25.7 Å². The minimum atomic E-state index is 0.0473. The van der Waals surface area contributed by atoms with Gasteiger partial charge in [-0.2, -0.15) is 0 Å². The molecule has 4 aliphatic carbocycles. The first-order chi connectivity index (χ1) is 30.7. The van der Waals surface area contributed by atoms with Crippen molar-refractivity contribution in [1.82, 2.24) is 4.90 Å². The van der Waals surface area contributed by atoms with E-state index < -0.39 is 0 Å². The van der Waals surface area contributed by atoms with Crippen LogP contribution in [0.15, 0.2) is 36.0 Å². The Kier molecular flexibility index (Phi) is 24.4. The first-order valence-electron chi connectivity index (χ1n) is 27.4. The molecular weight excluding hydrogens is 779 g/mol. The maximum Gasteiger partial charge on any atom is 0.0936 e. The predicted octanol–water partition coefficient (Wildman–Crippen LogP) is 14.4. The van der Waals surface area contributed by atoms with Gasteiger partial charge in [-0.3, -0.25) is 4.90 Å². The number of hydrogen-bond acceptors (Lipinski definition) is 6. The van der Waals surface area contributed by atoms with E-state index in [9.17, 15) is 0 Å². The molecule has 0 N–H and O–H groups in total. The Balaban J connectivity index is 0.925. The van der Waals surface area contributed by atoms with Crippen molar-refractivity contribution < 1.29 is 23.7 Å². The summed E-state index contributed by atoms with van der Waals surface area (Å²) < 4.78 is 31.0. The molecule has 3 saturated carbocycles. The summed E-state index contributed by atoms with van der Waals surface area (Å²) in [5, 5.41) is 0. The summed E-state index contributed by atoms with van der Waals surface area (Å²) in [6.45, 7) is 24.6. The third-order valence-electron chi connectivity index (χ3n) is 17.2. The summed E-state index contributed by atoms with van der Waals surface area (Å²) in [5.41, 5.74) is 2.66. The van der Waals surface area contributed by atoms with Crippen LogP contribution in [0.5, 0.6) is 0 Å². The summed E-state index contributed by atoms with van der Waals surface area (Å²) in [4.78, 5) is 2.50. The quantitative estimate of drug-likeness (QED) is 0.0496. The maximum atomic E-state index is 6.52. The summed E-state index contributed by atoms with van der Waals surface area (Å²) in [6.07, 6.45) is 42.7. The topological polar surface area (TPSA) is 49.4 Å². The Morgan fingerprint density at radius 2 is 1.54 bits per heavy atom. The predicted molar refractivity (Wildman–Crippen MR) is 265 cm³/mol. The van der Waals surface area contributed by atoms with Gasteiger partial charge >= 0.3 is 0 Å². The molecule has 5 rings (SSSR count). The molecule has 1 heterocycles. The van der Waals surface area contributed by atoms with Gasteiger partial charge in [-0.05, 0) is 143 Å². The summed E-state index contributed by atoms with van der Waals surface area (Å²) in [6, 6.07) is 0.408. The van der Waals surface area contributed by atoms with Gasteiger partial charge in [-0.15, -0.1) is 0 Å². The summed E-state index contributed by atoms with van der Waals surface area (Å²) in [5.74, 6) is 5.33. The van der Waals surface area contributed by atoms with Crippen molar-refractivity contribution in [3.8, 4) is 0 Å². The molecule has 6 heteroatoms. The lowest BCUT2D eigenvalue weighted by atomic mass is 9.47. The Morgan fingerprint density at radius 3 is 2.32 bits per heavy atom. The van der Waals surface area contributed by atoms with Crippen LogP contribution in [0.4, 0.5) is 0 Å². The molecule has 1 aliphatic heterocycles. The van der Waals surface area contributed by atoms with Crippen LogP contribution in [-0.2, 0) is 23.7 Å². The van der Waals surface area contributed by atoms with E-state index in [1.165, 1.54) is 128 Å². The van der Waals surface area contributed by atoms with Gasteiger partial charge in [0.1, 0.15) is 0 Å². The number of ether oxygens (including phenoxy) is 5. The number of fused-ring (bicyclic) bond motifs is 5. The second-order valence-corrected chi connectivity index (χ2v) is 22.2. The van der Waals surface area contributed by atoms with Crippen LogP contribution in [0.2, 0.25) is 0 Å². The third kappa shape index (κ3) is 16.9. The van der Waals surface area contributed by atoms with Crippen LogP contribution in [0.3, 0.4) is 0 Å². The van der Waals surface area contributed by atoms with Crippen molar-refractivity contribution in [3.63, 3.8) is 0 Å².